The number of anilines is 1. The third-order valence-corrected chi connectivity index (χ3v) is 4.67. The maximum absolute atomic E-state index is 11.3. The molecule has 0 radical (unpaired) electrons. The van der Waals surface area contributed by atoms with Crippen LogP contribution in [0.1, 0.15) is 33.1 Å². The number of carbonyl (C=O) groups excluding carboxylic acids is 1. The van der Waals surface area contributed by atoms with E-state index in [1.807, 2.05) is 44.2 Å². The molecule has 1 saturated heterocycles. The third-order valence-electron chi connectivity index (χ3n) is 4.67. The molecule has 1 aliphatic rings. The molecule has 0 bridgehead atoms. The Hall–Kier alpha value is -2.54. The summed E-state index contributed by atoms with van der Waals surface area (Å²) in [5, 5.41) is 8.77. The van der Waals surface area contributed by atoms with Crippen molar-refractivity contribution in [2.45, 2.75) is 33.1 Å². The van der Waals surface area contributed by atoms with E-state index in [4.69, 9.17) is 10.5 Å². The van der Waals surface area contributed by atoms with Gasteiger partial charge in [0.15, 0.2) is 0 Å². The van der Waals surface area contributed by atoms with E-state index >= 15 is 0 Å². The highest BCUT2D eigenvalue weighted by atomic mass is 16.5. The van der Waals surface area contributed by atoms with Gasteiger partial charge in [0.25, 0.3) is 0 Å². The van der Waals surface area contributed by atoms with E-state index in [1.54, 1.807) is 11.1 Å². The van der Waals surface area contributed by atoms with Gasteiger partial charge in [-0.15, -0.1) is 5.10 Å². The molecule has 1 heterocycles. The Bertz CT molecular complexity index is 652. The minimum Gasteiger partial charge on any atom is -0.480 e. The summed E-state index contributed by atoms with van der Waals surface area (Å²) >= 11 is 0. The zero-order valence-corrected chi connectivity index (χ0v) is 16.5. The molecule has 0 aliphatic carbocycles. The lowest BCUT2D eigenvalue weighted by molar-refractivity contribution is 0.183. The second-order valence-corrected chi connectivity index (χ2v) is 6.81. The molecule has 7 nitrogen and oxygen atoms in total. The summed E-state index contributed by atoms with van der Waals surface area (Å²) in [4.78, 5) is 13.7. The van der Waals surface area contributed by atoms with Crippen LogP contribution in [0.15, 0.2) is 47.3 Å². The number of nitrogens with two attached hydrogens (primary N) is 1. The van der Waals surface area contributed by atoms with Crippen molar-refractivity contribution in [1.82, 2.24) is 10.2 Å². The van der Waals surface area contributed by atoms with Crippen LogP contribution >= 0.6 is 0 Å². The average Bonchev–Trinajstić information content (AvgIpc) is 2.66. The van der Waals surface area contributed by atoms with Gasteiger partial charge in [-0.1, -0.05) is 18.2 Å². The Morgan fingerprint density at radius 2 is 2.04 bits per heavy atom. The Kier molecular flexibility index (Phi) is 8.13. The van der Waals surface area contributed by atoms with Crippen molar-refractivity contribution in [3.8, 4) is 0 Å². The number of amides is 2. The molecule has 0 saturated carbocycles. The lowest BCUT2D eigenvalue weighted by atomic mass is 9.94. The highest BCUT2D eigenvalue weighted by Gasteiger charge is 2.17. The van der Waals surface area contributed by atoms with Crippen molar-refractivity contribution in [2.75, 3.05) is 31.8 Å². The van der Waals surface area contributed by atoms with E-state index in [9.17, 15) is 4.79 Å². The Labute approximate surface area is 161 Å². The number of primary amides is 1. The number of rotatable bonds is 7. The lowest BCUT2D eigenvalue weighted by Crippen LogP contribution is -2.36. The second kappa shape index (κ2) is 10.6. The van der Waals surface area contributed by atoms with E-state index in [0.29, 0.717) is 24.2 Å². The molecular formula is C20H31N5O2. The molecular weight excluding hydrogens is 342 g/mol. The molecule has 0 spiro atoms. The second-order valence-electron chi connectivity index (χ2n) is 6.81. The summed E-state index contributed by atoms with van der Waals surface area (Å²) in [5.41, 5.74) is 6.09. The summed E-state index contributed by atoms with van der Waals surface area (Å²) < 4.78 is 5.85. The highest BCUT2D eigenvalue weighted by molar-refractivity contribution is 5.77. The molecule has 0 atom stereocenters. The Balaban J connectivity index is 2.00. The number of benzene rings is 1. The average molecular weight is 374 g/mol. The smallest absolute Gasteiger partial charge is 0.317 e. The van der Waals surface area contributed by atoms with Gasteiger partial charge >= 0.3 is 6.03 Å². The minimum absolute atomic E-state index is 0.479. The zero-order valence-electron chi connectivity index (χ0n) is 16.5. The number of hydrogen-bond donors (Lipinski definition) is 2. The van der Waals surface area contributed by atoms with Crippen LogP contribution in [0.2, 0.25) is 0 Å². The fourth-order valence-electron chi connectivity index (χ4n) is 3.09. The quantitative estimate of drug-likeness (QED) is 0.437. The largest absolute Gasteiger partial charge is 0.480 e. The van der Waals surface area contributed by atoms with Gasteiger partial charge in [0, 0.05) is 6.92 Å². The molecule has 0 aromatic heterocycles. The first-order valence-corrected chi connectivity index (χ1v) is 9.44. The summed E-state index contributed by atoms with van der Waals surface area (Å²) in [6.07, 6.45) is 5.21. The fraction of sp³-hybridized carbons (Fsp3) is 0.500. The summed E-state index contributed by atoms with van der Waals surface area (Å²) in [7, 11) is 2.17. The number of allylic oxidation sites excluding steroid dienone is 1. The van der Waals surface area contributed by atoms with Crippen LogP contribution in [-0.2, 0) is 4.74 Å². The van der Waals surface area contributed by atoms with Crippen molar-refractivity contribution < 1.29 is 9.53 Å². The summed E-state index contributed by atoms with van der Waals surface area (Å²) in [5.74, 6) is 1.73. The van der Waals surface area contributed by atoms with Gasteiger partial charge in [-0.2, -0.15) is 0 Å². The number of ether oxygens (including phenoxy) is 1. The van der Waals surface area contributed by atoms with Gasteiger partial charge in [0.2, 0.25) is 5.90 Å². The predicted octanol–water partition coefficient (Wildman–Crippen LogP) is 3.10. The number of likely N-dealkylation sites (tertiary alicyclic amines) is 1. The first-order chi connectivity index (χ1) is 13.0. The molecule has 1 aliphatic heterocycles. The molecule has 27 heavy (non-hydrogen) atoms. The number of hydrogen-bond acceptors (Lipinski definition) is 5. The van der Waals surface area contributed by atoms with E-state index in [1.165, 1.54) is 12.8 Å². The molecule has 1 fully saturated rings. The maximum Gasteiger partial charge on any atom is 0.317 e. The number of hydrazone groups is 1. The van der Waals surface area contributed by atoms with Crippen molar-refractivity contribution >= 4 is 17.6 Å². The van der Waals surface area contributed by atoms with E-state index < -0.39 is 6.03 Å². The van der Waals surface area contributed by atoms with Gasteiger partial charge in [-0.3, -0.25) is 5.32 Å². The van der Waals surface area contributed by atoms with Gasteiger partial charge in [-0.25, -0.2) is 9.80 Å². The van der Waals surface area contributed by atoms with Gasteiger partial charge < -0.3 is 15.4 Å². The lowest BCUT2D eigenvalue weighted by Gasteiger charge is -2.28. The normalized spacial score (nSPS) is 16.9. The molecule has 148 valence electrons. The molecule has 1 aromatic rings. The summed E-state index contributed by atoms with van der Waals surface area (Å²) in [6, 6.07) is 8.91. The molecule has 7 heteroatoms. The van der Waals surface area contributed by atoms with Gasteiger partial charge in [-0.05, 0) is 70.5 Å². The highest BCUT2D eigenvalue weighted by Crippen LogP contribution is 2.20. The molecule has 3 N–H and O–H groups in total. The van der Waals surface area contributed by atoms with Crippen LogP contribution < -0.4 is 16.1 Å². The predicted molar refractivity (Wildman–Crippen MR) is 109 cm³/mol. The molecule has 0 unspecified atom stereocenters. The van der Waals surface area contributed by atoms with Gasteiger partial charge in [0.05, 0.1) is 12.3 Å². The summed E-state index contributed by atoms with van der Waals surface area (Å²) in [6.45, 7) is 6.59. The standard InChI is InChI=1S/C20H31N5O2/c1-4-19(22-20(21)26)25(18-8-6-5-7-9-18)23-16(2)27-15-12-17-10-13-24(3)14-11-17/h4-9,17H,10-15H2,1-3H3,(H3,21,22,26)/b19-4+,23-16+. The first-order valence-electron chi connectivity index (χ1n) is 9.44. The number of nitrogens with one attached hydrogen (secondary N) is 1. The number of piperidine rings is 1. The third kappa shape index (κ3) is 6.94. The van der Waals surface area contributed by atoms with E-state index in [2.05, 4.69) is 22.4 Å². The maximum atomic E-state index is 11.3. The Morgan fingerprint density at radius 1 is 1.37 bits per heavy atom. The van der Waals surface area contributed by atoms with Crippen LogP contribution in [0.3, 0.4) is 0 Å². The monoisotopic (exact) mass is 373 g/mol. The fourth-order valence-corrected chi connectivity index (χ4v) is 3.09. The number of urea groups is 1. The van der Waals surface area contributed by atoms with E-state index in [-0.39, 0.29) is 0 Å². The van der Waals surface area contributed by atoms with Crippen molar-refractivity contribution in [1.29, 1.82) is 0 Å². The van der Waals surface area contributed by atoms with Crippen LogP contribution in [0.25, 0.3) is 0 Å². The Morgan fingerprint density at radius 3 is 2.63 bits per heavy atom. The van der Waals surface area contributed by atoms with E-state index in [0.717, 1.165) is 25.2 Å². The van der Waals surface area contributed by atoms with Crippen LogP contribution in [0, 0.1) is 5.92 Å². The zero-order chi connectivity index (χ0) is 19.6. The van der Waals surface area contributed by atoms with Crippen molar-refractivity contribution in [2.24, 2.45) is 16.8 Å². The van der Waals surface area contributed by atoms with Gasteiger partial charge in [0.1, 0.15) is 5.82 Å². The first kappa shape index (κ1) is 20.8. The van der Waals surface area contributed by atoms with Crippen LogP contribution in [-0.4, -0.2) is 43.6 Å². The topological polar surface area (TPSA) is 83.2 Å². The van der Waals surface area contributed by atoms with Crippen LogP contribution in [0.5, 0.6) is 0 Å². The molecule has 2 rings (SSSR count). The van der Waals surface area contributed by atoms with Crippen molar-refractivity contribution in [3.05, 3.63) is 42.2 Å². The number of nitrogens with zero attached hydrogens (tertiary/aromatic N) is 3. The SMILES string of the molecule is C/C=C(\NC(N)=O)N(/N=C(\C)OCCC1CCN(C)CC1)c1ccccc1. The molecule has 2 amide bonds. The number of para-hydroxylation sites is 1. The van der Waals surface area contributed by atoms with Crippen LogP contribution in [0.4, 0.5) is 10.5 Å². The molecule has 1 aromatic carbocycles. The minimum atomic E-state index is -0.639. The van der Waals surface area contributed by atoms with Crippen molar-refractivity contribution in [3.63, 3.8) is 0 Å². The number of carbonyl (C=O) groups is 1.